The van der Waals surface area contributed by atoms with Crippen LogP contribution in [0.1, 0.15) is 49.9 Å². The Balaban J connectivity index is 1.38. The summed E-state index contributed by atoms with van der Waals surface area (Å²) >= 11 is 0. The summed E-state index contributed by atoms with van der Waals surface area (Å²) in [5.74, 6) is 1.16. The summed E-state index contributed by atoms with van der Waals surface area (Å²) in [6.45, 7) is 2.86. The molecule has 168 valence electrons. The molecule has 6 heteroatoms. The minimum absolute atomic E-state index is 0.0798. The molecule has 1 aliphatic rings. The Labute approximate surface area is 189 Å². The van der Waals surface area contributed by atoms with E-state index < -0.39 is 0 Å². The SMILES string of the molecule is Cc1ccc(NC(=O)Cn2c(CCCNC(=O)C3CCCCC3)nc3ccccc32)cc1. The van der Waals surface area contributed by atoms with E-state index in [-0.39, 0.29) is 24.3 Å². The second-order valence-electron chi connectivity index (χ2n) is 8.75. The maximum absolute atomic E-state index is 12.7. The number of aryl methyl sites for hydroxylation is 2. The Morgan fingerprint density at radius 1 is 1.03 bits per heavy atom. The van der Waals surface area contributed by atoms with E-state index in [0.717, 1.165) is 60.2 Å². The fourth-order valence-electron chi connectivity index (χ4n) is 4.44. The second-order valence-corrected chi connectivity index (χ2v) is 8.75. The van der Waals surface area contributed by atoms with Crippen molar-refractivity contribution in [3.63, 3.8) is 0 Å². The number of carbonyl (C=O) groups is 2. The average molecular weight is 433 g/mol. The lowest BCUT2D eigenvalue weighted by Gasteiger charge is -2.20. The molecule has 0 radical (unpaired) electrons. The van der Waals surface area contributed by atoms with Crippen LogP contribution in [0, 0.1) is 12.8 Å². The van der Waals surface area contributed by atoms with E-state index >= 15 is 0 Å². The van der Waals surface area contributed by atoms with Gasteiger partial charge in [-0.05, 0) is 50.5 Å². The van der Waals surface area contributed by atoms with Crippen LogP contribution in [0.3, 0.4) is 0 Å². The van der Waals surface area contributed by atoms with Gasteiger partial charge in [-0.3, -0.25) is 9.59 Å². The lowest BCUT2D eigenvalue weighted by Crippen LogP contribution is -2.32. The number of nitrogens with one attached hydrogen (secondary N) is 2. The number of hydrogen-bond donors (Lipinski definition) is 2. The molecule has 6 nitrogen and oxygen atoms in total. The third kappa shape index (κ3) is 5.55. The van der Waals surface area contributed by atoms with Crippen LogP contribution < -0.4 is 10.6 Å². The highest BCUT2D eigenvalue weighted by molar-refractivity contribution is 5.91. The second kappa shape index (κ2) is 10.4. The van der Waals surface area contributed by atoms with Gasteiger partial charge in [0.15, 0.2) is 0 Å². The number of benzene rings is 2. The van der Waals surface area contributed by atoms with Crippen molar-refractivity contribution in [3.8, 4) is 0 Å². The van der Waals surface area contributed by atoms with Crippen LogP contribution in [0.25, 0.3) is 11.0 Å². The Hall–Kier alpha value is -3.15. The summed E-state index contributed by atoms with van der Waals surface area (Å²) in [6, 6.07) is 15.7. The van der Waals surface area contributed by atoms with Crippen molar-refractivity contribution in [2.75, 3.05) is 11.9 Å². The lowest BCUT2D eigenvalue weighted by molar-refractivity contribution is -0.125. The van der Waals surface area contributed by atoms with Crippen molar-refractivity contribution in [1.29, 1.82) is 0 Å². The van der Waals surface area contributed by atoms with Gasteiger partial charge in [0.1, 0.15) is 12.4 Å². The van der Waals surface area contributed by atoms with Crippen molar-refractivity contribution < 1.29 is 9.59 Å². The summed E-state index contributed by atoms with van der Waals surface area (Å²) in [4.78, 5) is 29.9. The molecular formula is C26H32N4O2. The quantitative estimate of drug-likeness (QED) is 0.510. The molecule has 1 aliphatic carbocycles. The number of amides is 2. The predicted molar refractivity (Wildman–Crippen MR) is 127 cm³/mol. The summed E-state index contributed by atoms with van der Waals surface area (Å²) in [7, 11) is 0. The van der Waals surface area contributed by atoms with Gasteiger partial charge in [-0.15, -0.1) is 0 Å². The molecule has 4 rings (SSSR count). The van der Waals surface area contributed by atoms with Gasteiger partial charge in [-0.2, -0.15) is 0 Å². The van der Waals surface area contributed by atoms with Crippen LogP contribution >= 0.6 is 0 Å². The van der Waals surface area contributed by atoms with E-state index in [1.165, 1.54) is 6.42 Å². The molecule has 32 heavy (non-hydrogen) atoms. The van der Waals surface area contributed by atoms with Crippen molar-refractivity contribution >= 4 is 28.5 Å². The van der Waals surface area contributed by atoms with E-state index in [2.05, 4.69) is 10.6 Å². The zero-order valence-corrected chi connectivity index (χ0v) is 18.8. The summed E-state index contributed by atoms with van der Waals surface area (Å²) < 4.78 is 1.99. The molecular weight excluding hydrogens is 400 g/mol. The first-order valence-corrected chi connectivity index (χ1v) is 11.7. The molecule has 1 saturated carbocycles. The Morgan fingerprint density at radius 3 is 2.56 bits per heavy atom. The molecule has 3 aromatic rings. The highest BCUT2D eigenvalue weighted by Crippen LogP contribution is 2.23. The van der Waals surface area contributed by atoms with E-state index in [1.807, 2.05) is 60.0 Å². The maximum atomic E-state index is 12.7. The van der Waals surface area contributed by atoms with Crippen molar-refractivity contribution in [3.05, 3.63) is 59.9 Å². The zero-order valence-electron chi connectivity index (χ0n) is 18.8. The minimum Gasteiger partial charge on any atom is -0.356 e. The molecule has 0 bridgehead atoms. The van der Waals surface area contributed by atoms with E-state index in [4.69, 9.17) is 4.98 Å². The fourth-order valence-corrected chi connectivity index (χ4v) is 4.44. The first kappa shape index (κ1) is 22.1. The van der Waals surface area contributed by atoms with Gasteiger partial charge in [0.2, 0.25) is 11.8 Å². The number of nitrogens with zero attached hydrogens (tertiary/aromatic N) is 2. The Kier molecular flexibility index (Phi) is 7.20. The van der Waals surface area contributed by atoms with Gasteiger partial charge in [0.05, 0.1) is 11.0 Å². The molecule has 0 atom stereocenters. The monoisotopic (exact) mass is 432 g/mol. The number of hydrogen-bond acceptors (Lipinski definition) is 3. The highest BCUT2D eigenvalue weighted by atomic mass is 16.2. The molecule has 2 amide bonds. The van der Waals surface area contributed by atoms with Gasteiger partial charge >= 0.3 is 0 Å². The van der Waals surface area contributed by atoms with Gasteiger partial charge < -0.3 is 15.2 Å². The first-order valence-electron chi connectivity index (χ1n) is 11.7. The first-order chi connectivity index (χ1) is 15.6. The number of anilines is 1. The van der Waals surface area contributed by atoms with Crippen LogP contribution in [0.4, 0.5) is 5.69 Å². The molecule has 0 saturated heterocycles. The average Bonchev–Trinajstić information content (AvgIpc) is 3.16. The van der Waals surface area contributed by atoms with Crippen LogP contribution in [0.5, 0.6) is 0 Å². The molecule has 1 fully saturated rings. The minimum atomic E-state index is -0.0798. The Morgan fingerprint density at radius 2 is 1.78 bits per heavy atom. The summed E-state index contributed by atoms with van der Waals surface area (Å²) in [6.07, 6.45) is 7.09. The molecule has 0 spiro atoms. The van der Waals surface area contributed by atoms with E-state index in [1.54, 1.807) is 0 Å². The van der Waals surface area contributed by atoms with Gasteiger partial charge in [-0.25, -0.2) is 4.98 Å². The van der Waals surface area contributed by atoms with Crippen LogP contribution in [-0.2, 0) is 22.6 Å². The Bertz CT molecular complexity index is 1070. The normalized spacial score (nSPS) is 14.4. The zero-order chi connectivity index (χ0) is 22.3. The topological polar surface area (TPSA) is 76.0 Å². The number of para-hydroxylation sites is 2. The number of fused-ring (bicyclic) bond motifs is 1. The number of aromatic nitrogens is 2. The maximum Gasteiger partial charge on any atom is 0.244 e. The van der Waals surface area contributed by atoms with Crippen molar-refractivity contribution in [2.24, 2.45) is 5.92 Å². The van der Waals surface area contributed by atoms with Crippen LogP contribution in [-0.4, -0.2) is 27.9 Å². The van der Waals surface area contributed by atoms with Crippen molar-refractivity contribution in [2.45, 2.75) is 58.4 Å². The van der Waals surface area contributed by atoms with Gasteiger partial charge in [0, 0.05) is 24.6 Å². The predicted octanol–water partition coefficient (Wildman–Crippen LogP) is 4.61. The third-order valence-electron chi connectivity index (χ3n) is 6.22. The van der Waals surface area contributed by atoms with Gasteiger partial charge in [0.25, 0.3) is 0 Å². The molecule has 0 aliphatic heterocycles. The standard InChI is InChI=1S/C26H32N4O2/c1-19-13-15-21(16-14-19)28-25(31)18-30-23-11-6-5-10-22(23)29-24(30)12-7-17-27-26(32)20-8-3-2-4-9-20/h5-6,10-11,13-16,20H,2-4,7-9,12,17-18H2,1H3,(H,27,32)(H,28,31). The smallest absolute Gasteiger partial charge is 0.244 e. The third-order valence-corrected chi connectivity index (χ3v) is 6.22. The van der Waals surface area contributed by atoms with Crippen LogP contribution in [0.15, 0.2) is 48.5 Å². The van der Waals surface area contributed by atoms with Crippen molar-refractivity contribution in [1.82, 2.24) is 14.9 Å². The van der Waals surface area contributed by atoms with E-state index in [0.29, 0.717) is 13.0 Å². The summed E-state index contributed by atoms with van der Waals surface area (Å²) in [5, 5.41) is 6.07. The van der Waals surface area contributed by atoms with Gasteiger partial charge in [-0.1, -0.05) is 49.1 Å². The number of rotatable bonds is 8. The summed E-state index contributed by atoms with van der Waals surface area (Å²) in [5.41, 5.74) is 3.78. The fraction of sp³-hybridized carbons (Fsp3) is 0.423. The highest BCUT2D eigenvalue weighted by Gasteiger charge is 2.20. The molecule has 2 aromatic carbocycles. The number of imidazole rings is 1. The molecule has 0 unspecified atom stereocenters. The largest absolute Gasteiger partial charge is 0.356 e. The number of carbonyl (C=O) groups excluding carboxylic acids is 2. The lowest BCUT2D eigenvalue weighted by atomic mass is 9.89. The van der Waals surface area contributed by atoms with E-state index in [9.17, 15) is 9.59 Å². The molecule has 2 N–H and O–H groups in total. The molecule has 1 aromatic heterocycles. The molecule has 1 heterocycles. The van der Waals surface area contributed by atoms with Crippen LogP contribution in [0.2, 0.25) is 0 Å².